The summed E-state index contributed by atoms with van der Waals surface area (Å²) in [5.41, 5.74) is 2.68. The summed E-state index contributed by atoms with van der Waals surface area (Å²) in [5, 5.41) is 4.89. The molecule has 0 aliphatic carbocycles. The van der Waals surface area contributed by atoms with Gasteiger partial charge >= 0.3 is 0 Å². The fraction of sp³-hybridized carbons (Fsp3) is 0.611. The third kappa shape index (κ3) is 5.50. The molecule has 118 valence electrons. The Morgan fingerprint density at radius 2 is 1.67 bits per heavy atom. The number of amides is 1. The van der Waals surface area contributed by atoms with Gasteiger partial charge in [0.1, 0.15) is 6.04 Å². The number of benzene rings is 1. The van der Waals surface area contributed by atoms with Crippen molar-refractivity contribution in [3.63, 3.8) is 0 Å². The minimum atomic E-state index is -0.0715. The smallest absolute Gasteiger partial charge is 0.277 e. The predicted octanol–water partition coefficient (Wildman–Crippen LogP) is 2.28. The molecule has 1 aromatic carbocycles. The third-order valence-electron chi connectivity index (χ3n) is 3.88. The molecule has 21 heavy (non-hydrogen) atoms. The van der Waals surface area contributed by atoms with Crippen LogP contribution in [0.2, 0.25) is 0 Å². The van der Waals surface area contributed by atoms with E-state index < -0.39 is 0 Å². The first kappa shape index (κ1) is 17.7. The summed E-state index contributed by atoms with van der Waals surface area (Å²) in [7, 11) is 1.69. The van der Waals surface area contributed by atoms with Crippen LogP contribution in [0.4, 0.5) is 0 Å². The summed E-state index contributed by atoms with van der Waals surface area (Å²) >= 11 is 0. The molecule has 0 unspecified atom stereocenters. The van der Waals surface area contributed by atoms with Crippen LogP contribution in [-0.2, 0) is 11.2 Å². The molecule has 0 spiro atoms. The van der Waals surface area contributed by atoms with Gasteiger partial charge in [-0.1, -0.05) is 52.0 Å². The molecule has 3 N–H and O–H groups in total. The summed E-state index contributed by atoms with van der Waals surface area (Å²) in [4.78, 5) is 11.7. The van der Waals surface area contributed by atoms with Crippen molar-refractivity contribution in [2.24, 2.45) is 11.8 Å². The van der Waals surface area contributed by atoms with Crippen molar-refractivity contribution in [1.82, 2.24) is 5.32 Å². The molecule has 3 nitrogen and oxygen atoms in total. The Morgan fingerprint density at radius 3 is 2.10 bits per heavy atom. The van der Waals surface area contributed by atoms with Crippen molar-refractivity contribution in [1.29, 1.82) is 0 Å². The van der Waals surface area contributed by atoms with Crippen LogP contribution >= 0.6 is 0 Å². The Balaban J connectivity index is 2.83. The van der Waals surface area contributed by atoms with Gasteiger partial charge in [-0.05, 0) is 24.8 Å². The van der Waals surface area contributed by atoms with Crippen LogP contribution in [0.15, 0.2) is 24.3 Å². The van der Waals surface area contributed by atoms with Gasteiger partial charge in [0.25, 0.3) is 5.91 Å². The lowest BCUT2D eigenvalue weighted by molar-refractivity contribution is -0.719. The molecule has 0 fully saturated rings. The zero-order valence-corrected chi connectivity index (χ0v) is 14.3. The first-order valence-electron chi connectivity index (χ1n) is 8.00. The monoisotopic (exact) mass is 291 g/mol. The lowest BCUT2D eigenvalue weighted by atomic mass is 9.93. The number of nitrogens with two attached hydrogens (primary N) is 1. The van der Waals surface area contributed by atoms with Gasteiger partial charge in [-0.15, -0.1) is 0 Å². The Kier molecular flexibility index (Phi) is 6.90. The Bertz CT molecular complexity index is 437. The van der Waals surface area contributed by atoms with E-state index in [1.807, 2.05) is 6.92 Å². The van der Waals surface area contributed by atoms with E-state index in [0.717, 1.165) is 6.42 Å². The Morgan fingerprint density at radius 1 is 1.10 bits per heavy atom. The molecule has 0 saturated carbocycles. The summed E-state index contributed by atoms with van der Waals surface area (Å²) in [6.07, 6.45) is 1.12. The maximum absolute atomic E-state index is 11.7. The van der Waals surface area contributed by atoms with Crippen LogP contribution in [0.25, 0.3) is 0 Å². The minimum Gasteiger partial charge on any atom is -0.354 e. The molecule has 1 aromatic rings. The van der Waals surface area contributed by atoms with Crippen molar-refractivity contribution in [2.45, 2.75) is 53.1 Å². The van der Waals surface area contributed by atoms with E-state index in [2.05, 4.69) is 62.6 Å². The highest BCUT2D eigenvalue weighted by molar-refractivity contribution is 5.79. The summed E-state index contributed by atoms with van der Waals surface area (Å²) in [5.74, 6) is 1.24. The zero-order chi connectivity index (χ0) is 16.0. The summed E-state index contributed by atoms with van der Waals surface area (Å²) in [6.45, 7) is 10.9. The number of quaternary nitrogens is 1. The van der Waals surface area contributed by atoms with Crippen molar-refractivity contribution in [3.05, 3.63) is 35.4 Å². The molecule has 0 aliphatic heterocycles. The van der Waals surface area contributed by atoms with E-state index in [4.69, 9.17) is 0 Å². The molecule has 0 heterocycles. The fourth-order valence-corrected chi connectivity index (χ4v) is 2.69. The van der Waals surface area contributed by atoms with Gasteiger partial charge in [0.2, 0.25) is 0 Å². The van der Waals surface area contributed by atoms with Gasteiger partial charge < -0.3 is 10.6 Å². The molecule has 0 saturated heterocycles. The van der Waals surface area contributed by atoms with Crippen LogP contribution < -0.4 is 10.6 Å². The summed E-state index contributed by atoms with van der Waals surface area (Å²) < 4.78 is 0. The van der Waals surface area contributed by atoms with Crippen LogP contribution in [-0.4, -0.2) is 19.0 Å². The van der Waals surface area contributed by atoms with E-state index in [0.29, 0.717) is 17.9 Å². The van der Waals surface area contributed by atoms with Crippen molar-refractivity contribution in [3.8, 4) is 0 Å². The number of carbonyl (C=O) groups excluding carboxylic acids is 1. The number of hydrogen-bond acceptors (Lipinski definition) is 1. The van der Waals surface area contributed by atoms with E-state index in [1.54, 1.807) is 7.05 Å². The highest BCUT2D eigenvalue weighted by Crippen LogP contribution is 2.19. The number of hydrogen-bond donors (Lipinski definition) is 2. The van der Waals surface area contributed by atoms with E-state index in [-0.39, 0.29) is 11.9 Å². The first-order chi connectivity index (χ1) is 9.85. The van der Waals surface area contributed by atoms with Gasteiger partial charge in [0, 0.05) is 18.5 Å². The maximum atomic E-state index is 11.7. The second-order valence-electron chi connectivity index (χ2n) is 6.70. The van der Waals surface area contributed by atoms with Crippen LogP contribution in [0, 0.1) is 11.8 Å². The Labute approximate surface area is 129 Å². The van der Waals surface area contributed by atoms with E-state index in [9.17, 15) is 4.79 Å². The number of nitrogens with one attached hydrogen (secondary N) is 1. The third-order valence-corrected chi connectivity index (χ3v) is 3.88. The molecular weight excluding hydrogens is 260 g/mol. The van der Waals surface area contributed by atoms with Crippen LogP contribution in [0.1, 0.15) is 51.8 Å². The predicted molar refractivity (Wildman–Crippen MR) is 88.0 cm³/mol. The number of rotatable bonds is 7. The van der Waals surface area contributed by atoms with Crippen LogP contribution in [0.3, 0.4) is 0 Å². The highest BCUT2D eigenvalue weighted by atomic mass is 16.2. The van der Waals surface area contributed by atoms with Crippen molar-refractivity contribution >= 4 is 5.91 Å². The zero-order valence-electron chi connectivity index (χ0n) is 14.3. The molecule has 0 aromatic heterocycles. The van der Waals surface area contributed by atoms with Gasteiger partial charge in [-0.25, -0.2) is 0 Å². The molecule has 3 heteroatoms. The number of likely N-dealkylation sites (N-methyl/N-ethyl adjacent to an activating group) is 1. The average Bonchev–Trinajstić information content (AvgIpc) is 2.43. The Hall–Kier alpha value is -1.35. The standard InChI is InChI=1S/C18H30N2O/c1-12(2)11-15-7-9-16(10-8-15)17(13(3)4)20-14(5)18(21)19-6/h7-10,12-14,17,20H,11H2,1-6H3,(H,19,21)/p+1/t14-,17+/m1/s1. The average molecular weight is 291 g/mol. The largest absolute Gasteiger partial charge is 0.354 e. The summed E-state index contributed by atoms with van der Waals surface area (Å²) in [6, 6.07) is 9.13. The molecule has 0 bridgehead atoms. The SMILES string of the molecule is CNC(=O)[C@@H](C)[NH2+][C@H](c1ccc(CC(C)C)cc1)C(C)C. The van der Waals surface area contributed by atoms with Gasteiger partial charge in [0.15, 0.2) is 6.04 Å². The lowest BCUT2D eigenvalue weighted by Crippen LogP contribution is -2.93. The van der Waals surface area contributed by atoms with Crippen molar-refractivity contribution in [2.75, 3.05) is 7.05 Å². The van der Waals surface area contributed by atoms with Gasteiger partial charge in [-0.3, -0.25) is 4.79 Å². The maximum Gasteiger partial charge on any atom is 0.277 e. The quantitative estimate of drug-likeness (QED) is 0.795. The van der Waals surface area contributed by atoms with E-state index in [1.165, 1.54) is 11.1 Å². The van der Waals surface area contributed by atoms with Gasteiger partial charge in [-0.2, -0.15) is 0 Å². The molecule has 1 rings (SSSR count). The molecule has 0 radical (unpaired) electrons. The minimum absolute atomic E-state index is 0.0715. The normalized spacial score (nSPS) is 14.3. The van der Waals surface area contributed by atoms with Gasteiger partial charge in [0.05, 0.1) is 0 Å². The van der Waals surface area contributed by atoms with Crippen LogP contribution in [0.5, 0.6) is 0 Å². The second kappa shape index (κ2) is 8.18. The highest BCUT2D eigenvalue weighted by Gasteiger charge is 2.25. The molecule has 2 atom stereocenters. The first-order valence-corrected chi connectivity index (χ1v) is 8.00. The fourth-order valence-electron chi connectivity index (χ4n) is 2.69. The molecule has 0 aliphatic rings. The lowest BCUT2D eigenvalue weighted by Gasteiger charge is -2.23. The number of carbonyl (C=O) groups is 1. The van der Waals surface area contributed by atoms with E-state index >= 15 is 0 Å². The molecular formula is C18H31N2O+. The van der Waals surface area contributed by atoms with Crippen molar-refractivity contribution < 1.29 is 10.1 Å². The topological polar surface area (TPSA) is 45.7 Å². The second-order valence-corrected chi connectivity index (χ2v) is 6.70. The molecule has 1 amide bonds.